The summed E-state index contributed by atoms with van der Waals surface area (Å²) in [6.45, 7) is 0.565. The maximum absolute atomic E-state index is 12.0. The van der Waals surface area contributed by atoms with Gasteiger partial charge < -0.3 is 14.1 Å². The summed E-state index contributed by atoms with van der Waals surface area (Å²) in [6.07, 6.45) is 4.30. The molecule has 1 aromatic heterocycles. The van der Waals surface area contributed by atoms with Gasteiger partial charge in [0.25, 0.3) is 5.91 Å². The molecule has 1 aromatic carbocycles. The highest BCUT2D eigenvalue weighted by Crippen LogP contribution is 2.32. The van der Waals surface area contributed by atoms with Crippen LogP contribution in [0.25, 0.3) is 0 Å². The molecule has 3 rings (SSSR count). The quantitative estimate of drug-likeness (QED) is 0.480. The highest BCUT2D eigenvalue weighted by Gasteiger charge is 2.26. The lowest BCUT2D eigenvalue weighted by Crippen LogP contribution is -2.38. The summed E-state index contributed by atoms with van der Waals surface area (Å²) < 4.78 is 10.2. The molecule has 0 atom stereocenters. The van der Waals surface area contributed by atoms with Gasteiger partial charge in [-0.05, 0) is 42.7 Å². The Morgan fingerprint density at radius 3 is 2.78 bits per heavy atom. The number of furan rings is 1. The number of ether oxygens (including phenoxy) is 1. The second kappa shape index (κ2) is 6.64. The topological polar surface area (TPSA) is 59.8 Å². The van der Waals surface area contributed by atoms with Crippen LogP contribution in [0.1, 0.15) is 22.3 Å². The van der Waals surface area contributed by atoms with Gasteiger partial charge in [-0.1, -0.05) is 23.2 Å². The minimum Gasteiger partial charge on any atom is -0.472 e. The molecule has 23 heavy (non-hydrogen) atoms. The van der Waals surface area contributed by atoms with E-state index in [-0.39, 0.29) is 5.91 Å². The van der Waals surface area contributed by atoms with Gasteiger partial charge in [0.15, 0.2) is 4.84 Å². The monoisotopic (exact) mass is 353 g/mol. The number of halogens is 2. The molecule has 0 radical (unpaired) electrons. The minimum atomic E-state index is -1.10. The van der Waals surface area contributed by atoms with E-state index in [0.717, 1.165) is 24.1 Å². The van der Waals surface area contributed by atoms with Crippen LogP contribution in [0.5, 0.6) is 5.75 Å². The predicted molar refractivity (Wildman–Crippen MR) is 86.3 cm³/mol. The summed E-state index contributed by atoms with van der Waals surface area (Å²) in [6, 6.07) is 6.66. The third kappa shape index (κ3) is 3.35. The molecule has 0 bridgehead atoms. The number of hydrogen-bond acceptors (Lipinski definition) is 4. The van der Waals surface area contributed by atoms with Crippen molar-refractivity contribution in [2.75, 3.05) is 11.4 Å². The van der Waals surface area contributed by atoms with Crippen molar-refractivity contribution in [3.63, 3.8) is 0 Å². The van der Waals surface area contributed by atoms with E-state index in [4.69, 9.17) is 32.4 Å². The van der Waals surface area contributed by atoms with Gasteiger partial charge >= 0.3 is 5.97 Å². The Bertz CT molecular complexity index is 728. The molecular formula is C16H13Cl2NO4. The van der Waals surface area contributed by atoms with E-state index in [9.17, 15) is 9.59 Å². The third-order valence-electron chi connectivity index (χ3n) is 3.59. The van der Waals surface area contributed by atoms with E-state index in [2.05, 4.69) is 0 Å². The first-order chi connectivity index (χ1) is 11.1. The zero-order valence-electron chi connectivity index (χ0n) is 12.0. The minimum absolute atomic E-state index is 0.339. The van der Waals surface area contributed by atoms with E-state index >= 15 is 0 Å². The number of benzene rings is 1. The number of hydrogen-bond donors (Lipinski definition) is 0. The Balaban J connectivity index is 1.82. The number of amides is 1. The van der Waals surface area contributed by atoms with Crippen LogP contribution in [0, 0.1) is 0 Å². The zero-order chi connectivity index (χ0) is 16.4. The summed E-state index contributed by atoms with van der Waals surface area (Å²) in [5.41, 5.74) is 2.00. The van der Waals surface area contributed by atoms with Gasteiger partial charge in [0, 0.05) is 12.2 Å². The van der Waals surface area contributed by atoms with Gasteiger partial charge in [-0.2, -0.15) is 0 Å². The Hall–Kier alpha value is -1.98. The molecule has 0 saturated carbocycles. The normalized spacial score (nSPS) is 13.8. The van der Waals surface area contributed by atoms with Crippen LogP contribution in [0.15, 0.2) is 41.2 Å². The van der Waals surface area contributed by atoms with E-state index in [0.29, 0.717) is 17.9 Å². The summed E-state index contributed by atoms with van der Waals surface area (Å²) in [5, 5.41) is 0. The van der Waals surface area contributed by atoms with Crippen molar-refractivity contribution in [2.24, 2.45) is 0 Å². The van der Waals surface area contributed by atoms with E-state index in [1.54, 1.807) is 23.1 Å². The molecule has 2 aromatic rings. The van der Waals surface area contributed by atoms with Crippen LogP contribution in [0.2, 0.25) is 0 Å². The number of carbonyl (C=O) groups excluding carboxylic acids is 2. The SMILES string of the molecule is O=C(Oc1ccc2c(c1)CCCN2C(=O)C(Cl)Cl)c1ccoc1. The molecule has 0 aliphatic carbocycles. The second-order valence-corrected chi connectivity index (χ2v) is 6.18. The molecule has 7 heteroatoms. The van der Waals surface area contributed by atoms with Crippen molar-refractivity contribution in [2.45, 2.75) is 17.7 Å². The van der Waals surface area contributed by atoms with Crippen LogP contribution in [0.3, 0.4) is 0 Å². The number of nitrogens with zero attached hydrogens (tertiary/aromatic N) is 1. The van der Waals surface area contributed by atoms with Gasteiger partial charge in [0.05, 0.1) is 11.8 Å². The smallest absolute Gasteiger partial charge is 0.346 e. The highest BCUT2D eigenvalue weighted by atomic mass is 35.5. The van der Waals surface area contributed by atoms with E-state index < -0.39 is 10.8 Å². The van der Waals surface area contributed by atoms with Crippen LogP contribution in [0.4, 0.5) is 5.69 Å². The number of aryl methyl sites for hydroxylation is 1. The van der Waals surface area contributed by atoms with Crippen LogP contribution in [-0.4, -0.2) is 23.3 Å². The van der Waals surface area contributed by atoms with Crippen LogP contribution >= 0.6 is 23.2 Å². The molecule has 1 aliphatic rings. The fraction of sp³-hybridized carbons (Fsp3) is 0.250. The zero-order valence-corrected chi connectivity index (χ0v) is 13.5. The third-order valence-corrected chi connectivity index (χ3v) is 3.96. The Morgan fingerprint density at radius 1 is 1.26 bits per heavy atom. The Morgan fingerprint density at radius 2 is 2.09 bits per heavy atom. The summed E-state index contributed by atoms with van der Waals surface area (Å²) >= 11 is 11.4. The van der Waals surface area contributed by atoms with Gasteiger partial charge in [-0.3, -0.25) is 4.79 Å². The lowest BCUT2D eigenvalue weighted by molar-refractivity contribution is -0.117. The molecule has 0 fully saturated rings. The van der Waals surface area contributed by atoms with E-state index in [1.165, 1.54) is 18.6 Å². The average Bonchev–Trinajstić information content (AvgIpc) is 3.08. The number of rotatable bonds is 3. The largest absolute Gasteiger partial charge is 0.472 e. The number of esters is 1. The van der Waals surface area contributed by atoms with Crippen molar-refractivity contribution in [3.8, 4) is 5.75 Å². The number of fused-ring (bicyclic) bond motifs is 1. The molecule has 0 unspecified atom stereocenters. The van der Waals surface area contributed by atoms with Gasteiger partial charge in [0.1, 0.15) is 12.0 Å². The highest BCUT2D eigenvalue weighted by molar-refractivity contribution is 6.54. The molecule has 0 saturated heterocycles. The second-order valence-electron chi connectivity index (χ2n) is 5.09. The molecule has 1 aliphatic heterocycles. The number of alkyl halides is 2. The number of carbonyl (C=O) groups is 2. The molecule has 2 heterocycles. The van der Waals surface area contributed by atoms with E-state index in [1.807, 2.05) is 0 Å². The van der Waals surface area contributed by atoms with Gasteiger partial charge in [0.2, 0.25) is 0 Å². The molecule has 5 nitrogen and oxygen atoms in total. The molecule has 1 amide bonds. The average molecular weight is 354 g/mol. The lowest BCUT2D eigenvalue weighted by atomic mass is 10.0. The predicted octanol–water partition coefficient (Wildman–Crippen LogP) is 3.58. The maximum Gasteiger partial charge on any atom is 0.346 e. The summed E-state index contributed by atoms with van der Waals surface area (Å²) in [7, 11) is 0. The van der Waals surface area contributed by atoms with Gasteiger partial charge in [-0.25, -0.2) is 4.79 Å². The Kier molecular flexibility index (Phi) is 4.59. The summed E-state index contributed by atoms with van der Waals surface area (Å²) in [5.74, 6) is -0.431. The van der Waals surface area contributed by atoms with Crippen molar-refractivity contribution >= 4 is 40.8 Å². The summed E-state index contributed by atoms with van der Waals surface area (Å²) in [4.78, 5) is 24.4. The maximum atomic E-state index is 12.0. The van der Waals surface area contributed by atoms with Crippen molar-refractivity contribution < 1.29 is 18.7 Å². The Labute approximate surface area is 142 Å². The molecule has 0 spiro atoms. The fourth-order valence-corrected chi connectivity index (χ4v) is 2.77. The lowest BCUT2D eigenvalue weighted by Gasteiger charge is -2.30. The first-order valence-electron chi connectivity index (χ1n) is 7.03. The van der Waals surface area contributed by atoms with Crippen LogP contribution < -0.4 is 9.64 Å². The first kappa shape index (κ1) is 15.9. The van der Waals surface area contributed by atoms with Crippen molar-refractivity contribution in [1.82, 2.24) is 0 Å². The van der Waals surface area contributed by atoms with Crippen LogP contribution in [-0.2, 0) is 11.2 Å². The van der Waals surface area contributed by atoms with Crippen molar-refractivity contribution in [1.29, 1.82) is 0 Å². The standard InChI is InChI=1S/C16H13Cl2NO4/c17-14(18)15(20)19-6-1-2-10-8-12(3-4-13(10)19)23-16(21)11-5-7-22-9-11/h3-5,7-9,14H,1-2,6H2. The fourth-order valence-electron chi connectivity index (χ4n) is 2.53. The molecular weight excluding hydrogens is 341 g/mol. The van der Waals surface area contributed by atoms with Gasteiger partial charge in [-0.15, -0.1) is 0 Å². The van der Waals surface area contributed by atoms with Crippen molar-refractivity contribution in [3.05, 3.63) is 47.9 Å². The molecule has 0 N–H and O–H groups in total. The number of anilines is 1. The molecule has 120 valence electrons. The first-order valence-corrected chi connectivity index (χ1v) is 7.90.